The van der Waals surface area contributed by atoms with Crippen LogP contribution >= 0.6 is 11.6 Å². The van der Waals surface area contributed by atoms with E-state index < -0.39 is 5.82 Å². The molecule has 4 unspecified atom stereocenters. The molecule has 3 heterocycles. The lowest BCUT2D eigenvalue weighted by molar-refractivity contribution is -0.115. The fraction of sp³-hybridized carbons (Fsp3) is 0.333. The van der Waals surface area contributed by atoms with Crippen LogP contribution in [0, 0.1) is 5.82 Å². The van der Waals surface area contributed by atoms with Gasteiger partial charge in [0.05, 0.1) is 10.7 Å². The Labute approximate surface area is 212 Å². The topological polar surface area (TPSA) is 124 Å². The Hall–Kier alpha value is -3.86. The Morgan fingerprint density at radius 1 is 1.39 bits per heavy atom. The van der Waals surface area contributed by atoms with Gasteiger partial charge < -0.3 is 15.5 Å². The number of hydrogen-bond acceptors (Lipinski definition) is 8. The molecule has 0 bridgehead atoms. The van der Waals surface area contributed by atoms with E-state index in [1.165, 1.54) is 18.5 Å². The summed E-state index contributed by atoms with van der Waals surface area (Å²) >= 11 is 5.85. The highest BCUT2D eigenvalue weighted by Gasteiger charge is 2.41. The summed E-state index contributed by atoms with van der Waals surface area (Å²) in [6.45, 7) is 2.29. The lowest BCUT2D eigenvalue weighted by atomic mass is 9.93. The smallest absolute Gasteiger partial charge is 0.268 e. The fourth-order valence-electron chi connectivity index (χ4n) is 4.56. The summed E-state index contributed by atoms with van der Waals surface area (Å²) in [4.78, 5) is 23.8. The number of aromatic amines is 1. The molecule has 10 nitrogen and oxygen atoms in total. The van der Waals surface area contributed by atoms with Crippen molar-refractivity contribution >= 4 is 29.6 Å². The molecule has 4 atom stereocenters. The number of carbonyl (C=O) groups excluding carboxylic acids is 1. The summed E-state index contributed by atoms with van der Waals surface area (Å²) in [5, 5.41) is 20.7. The van der Waals surface area contributed by atoms with Gasteiger partial charge in [0.25, 0.3) is 5.91 Å². The molecule has 1 aliphatic carbocycles. The maximum absolute atomic E-state index is 13.4. The average molecular weight is 510 g/mol. The van der Waals surface area contributed by atoms with Crippen molar-refractivity contribution in [3.05, 3.63) is 76.1 Å². The third-order valence-electron chi connectivity index (χ3n) is 6.48. The number of H-pyrrole nitrogens is 1. The number of halogens is 2. The predicted octanol–water partition coefficient (Wildman–Crippen LogP) is 2.26. The Morgan fingerprint density at radius 3 is 2.97 bits per heavy atom. The van der Waals surface area contributed by atoms with Crippen LogP contribution in [0.15, 0.2) is 63.9 Å². The van der Waals surface area contributed by atoms with E-state index >= 15 is 0 Å². The quantitative estimate of drug-likeness (QED) is 0.526. The molecule has 2 aromatic rings. The molecule has 186 valence electrons. The van der Waals surface area contributed by atoms with E-state index in [1.807, 2.05) is 18.1 Å². The number of nitrogens with zero attached hydrogens (tertiary/aromatic N) is 6. The molecule has 0 spiro atoms. The van der Waals surface area contributed by atoms with Crippen LogP contribution < -0.4 is 10.6 Å². The Morgan fingerprint density at radius 2 is 2.25 bits per heavy atom. The average Bonchev–Trinajstić information content (AvgIpc) is 3.53. The van der Waals surface area contributed by atoms with Gasteiger partial charge in [-0.2, -0.15) is 5.21 Å². The van der Waals surface area contributed by atoms with Crippen molar-refractivity contribution in [1.82, 2.24) is 36.2 Å². The lowest BCUT2D eigenvalue weighted by Gasteiger charge is -2.29. The summed E-state index contributed by atoms with van der Waals surface area (Å²) in [6.07, 6.45) is 10.5. The van der Waals surface area contributed by atoms with E-state index in [4.69, 9.17) is 11.6 Å². The van der Waals surface area contributed by atoms with Crippen molar-refractivity contribution in [2.45, 2.75) is 43.9 Å². The molecule has 0 radical (unpaired) electrons. The van der Waals surface area contributed by atoms with Gasteiger partial charge in [-0.1, -0.05) is 41.1 Å². The van der Waals surface area contributed by atoms with Crippen LogP contribution in [-0.4, -0.2) is 68.7 Å². The monoisotopic (exact) mass is 509 g/mol. The standard InChI is InChI=1S/C24H25ClFN9O/c1-13(15-4-6-16(7-5-15)23-31-33-34-32-23)30-19-11-35(2)22-20(19)28-12-29-21(22)24(36)27-10-14-3-8-18(26)17(25)9-14/h3-6,8-9,11-13,16,20,22,30H,7,10H2,1-2H3,(H,27,36)(H,31,32,33,34). The zero-order valence-electron chi connectivity index (χ0n) is 19.7. The summed E-state index contributed by atoms with van der Waals surface area (Å²) in [7, 11) is 1.90. The number of nitrogens with one attached hydrogen (secondary N) is 3. The number of allylic oxidation sites excluding steroid dienone is 2. The highest BCUT2D eigenvalue weighted by atomic mass is 35.5. The Bertz CT molecular complexity index is 1300. The molecular weight excluding hydrogens is 485 g/mol. The van der Waals surface area contributed by atoms with Gasteiger partial charge in [-0.25, -0.2) is 9.38 Å². The van der Waals surface area contributed by atoms with Crippen molar-refractivity contribution in [2.75, 3.05) is 7.05 Å². The minimum Gasteiger partial charge on any atom is -0.379 e. The molecule has 0 saturated heterocycles. The van der Waals surface area contributed by atoms with Crippen molar-refractivity contribution in [2.24, 2.45) is 9.98 Å². The van der Waals surface area contributed by atoms with E-state index in [-0.39, 0.29) is 41.5 Å². The van der Waals surface area contributed by atoms with Crippen LogP contribution in [0.25, 0.3) is 0 Å². The first-order chi connectivity index (χ1) is 17.4. The van der Waals surface area contributed by atoms with Gasteiger partial charge in [-0.05, 0) is 36.6 Å². The van der Waals surface area contributed by atoms with Gasteiger partial charge in [-0.3, -0.25) is 9.79 Å². The number of carbonyl (C=O) groups is 1. The van der Waals surface area contributed by atoms with E-state index in [0.717, 1.165) is 17.7 Å². The van der Waals surface area contributed by atoms with Crippen molar-refractivity contribution < 1.29 is 9.18 Å². The molecule has 3 aliphatic rings. The number of aliphatic imine (C=N–C) groups is 2. The number of tetrazole rings is 1. The zero-order chi connectivity index (χ0) is 25.2. The van der Waals surface area contributed by atoms with Crippen LogP contribution in [0.2, 0.25) is 5.02 Å². The highest BCUT2D eigenvalue weighted by Crippen LogP contribution is 2.29. The summed E-state index contributed by atoms with van der Waals surface area (Å²) < 4.78 is 13.4. The molecule has 3 N–H and O–H groups in total. The first kappa shape index (κ1) is 23.9. The second-order valence-electron chi connectivity index (χ2n) is 8.89. The van der Waals surface area contributed by atoms with E-state index in [2.05, 4.69) is 66.4 Å². The minimum absolute atomic E-state index is 0.0155. The lowest BCUT2D eigenvalue weighted by Crippen LogP contribution is -2.50. The van der Waals surface area contributed by atoms with E-state index in [1.54, 1.807) is 6.07 Å². The second kappa shape index (κ2) is 10.0. The normalized spacial score (nSPS) is 23.5. The van der Waals surface area contributed by atoms with E-state index in [0.29, 0.717) is 17.1 Å². The third kappa shape index (κ3) is 4.78. The van der Waals surface area contributed by atoms with Gasteiger partial charge in [-0.15, -0.1) is 10.2 Å². The van der Waals surface area contributed by atoms with Crippen LogP contribution in [0.4, 0.5) is 4.39 Å². The van der Waals surface area contributed by atoms with Gasteiger partial charge >= 0.3 is 0 Å². The van der Waals surface area contributed by atoms with Crippen LogP contribution in [0.3, 0.4) is 0 Å². The maximum atomic E-state index is 13.4. The van der Waals surface area contributed by atoms with Crippen LogP contribution in [0.1, 0.15) is 30.7 Å². The largest absolute Gasteiger partial charge is 0.379 e. The number of hydrogen-bond donors (Lipinski definition) is 3. The number of amides is 1. The predicted molar refractivity (Wildman–Crippen MR) is 134 cm³/mol. The molecule has 1 amide bonds. The fourth-order valence-corrected chi connectivity index (χ4v) is 4.77. The summed E-state index contributed by atoms with van der Waals surface area (Å²) in [6, 6.07) is 3.77. The van der Waals surface area contributed by atoms with Crippen molar-refractivity contribution in [3.8, 4) is 0 Å². The number of fused-ring (bicyclic) bond motifs is 1. The molecule has 0 saturated carbocycles. The molecular formula is C24H25ClFN9O. The van der Waals surface area contributed by atoms with E-state index in [9.17, 15) is 9.18 Å². The number of benzene rings is 1. The Balaban J connectivity index is 1.21. The number of likely N-dealkylation sites (N-methyl/N-ethyl adjacent to an activating group) is 1. The first-order valence-corrected chi connectivity index (χ1v) is 11.9. The summed E-state index contributed by atoms with van der Waals surface area (Å²) in [5.74, 6) is -0.0282. The molecule has 1 aromatic carbocycles. The highest BCUT2D eigenvalue weighted by molar-refractivity contribution is 6.42. The summed E-state index contributed by atoms with van der Waals surface area (Å²) in [5.41, 5.74) is 3.12. The van der Waals surface area contributed by atoms with Crippen molar-refractivity contribution in [1.29, 1.82) is 0 Å². The zero-order valence-corrected chi connectivity index (χ0v) is 20.4. The molecule has 0 fully saturated rings. The Kier molecular flexibility index (Phi) is 6.64. The van der Waals surface area contributed by atoms with Crippen molar-refractivity contribution in [3.63, 3.8) is 0 Å². The van der Waals surface area contributed by atoms with Gasteiger partial charge in [0, 0.05) is 31.8 Å². The second-order valence-corrected chi connectivity index (χ2v) is 9.30. The van der Waals surface area contributed by atoms with Gasteiger partial charge in [0.1, 0.15) is 30.0 Å². The van der Waals surface area contributed by atoms with Gasteiger partial charge in [0.2, 0.25) is 0 Å². The number of rotatable bonds is 7. The molecule has 12 heteroatoms. The molecule has 2 aliphatic heterocycles. The first-order valence-electron chi connectivity index (χ1n) is 11.5. The number of aromatic nitrogens is 4. The van der Waals surface area contributed by atoms with Crippen LogP contribution in [-0.2, 0) is 11.3 Å². The van der Waals surface area contributed by atoms with Crippen LogP contribution in [0.5, 0.6) is 0 Å². The third-order valence-corrected chi connectivity index (χ3v) is 6.77. The molecule has 5 rings (SSSR count). The SMILES string of the molecule is CC(NC1=CN(C)C2C(C(=O)NCc3ccc(F)c(Cl)c3)=NC=NC12)C1=CCC(c2nn[nH]n2)C=C1. The van der Waals surface area contributed by atoms with Gasteiger partial charge in [0.15, 0.2) is 5.82 Å². The maximum Gasteiger partial charge on any atom is 0.268 e. The molecule has 1 aromatic heterocycles. The minimum atomic E-state index is -0.498. The molecule has 36 heavy (non-hydrogen) atoms.